The number of nitrogens with zero attached hydrogens (tertiary/aromatic N) is 1. The van der Waals surface area contributed by atoms with Crippen molar-refractivity contribution in [2.45, 2.75) is 43.5 Å². The van der Waals surface area contributed by atoms with Crippen molar-refractivity contribution in [2.75, 3.05) is 26.9 Å². The number of methoxy groups -OCH3 is 1. The first-order valence-electron chi connectivity index (χ1n) is 11.7. The summed E-state index contributed by atoms with van der Waals surface area (Å²) >= 11 is 0. The van der Waals surface area contributed by atoms with Crippen molar-refractivity contribution < 1.29 is 32.5 Å². The number of carbonyl (C=O) groups excluding carboxylic acids is 1. The zero-order chi connectivity index (χ0) is 26.3. The van der Waals surface area contributed by atoms with E-state index in [0.29, 0.717) is 24.4 Å². The average Bonchev–Trinajstić information content (AvgIpc) is 3.35. The predicted molar refractivity (Wildman–Crippen MR) is 135 cm³/mol. The van der Waals surface area contributed by atoms with Gasteiger partial charge in [-0.3, -0.25) is 5.32 Å². The molecule has 9 nitrogen and oxygen atoms in total. The summed E-state index contributed by atoms with van der Waals surface area (Å²) in [6.07, 6.45) is -0.629. The van der Waals surface area contributed by atoms with Gasteiger partial charge in [-0.05, 0) is 43.2 Å². The molecule has 196 valence electrons. The Labute approximate surface area is 212 Å². The highest BCUT2D eigenvalue weighted by Crippen LogP contribution is 2.31. The summed E-state index contributed by atoms with van der Waals surface area (Å²) in [5.41, 5.74) is 1.33. The largest absolute Gasteiger partial charge is 0.497 e. The molecule has 1 amide bonds. The second-order valence-corrected chi connectivity index (χ2v) is 10.8. The highest BCUT2D eigenvalue weighted by Gasteiger charge is 2.48. The number of rotatable bonds is 11. The molecule has 2 N–H and O–H groups in total. The second-order valence-electron chi connectivity index (χ2n) is 8.98. The third kappa shape index (κ3) is 6.64. The average molecular weight is 519 g/mol. The molecule has 2 aromatic rings. The topological polar surface area (TPSA) is 114 Å². The van der Waals surface area contributed by atoms with E-state index in [9.17, 15) is 18.3 Å². The van der Waals surface area contributed by atoms with Crippen LogP contribution in [0, 0.1) is 5.92 Å². The lowest BCUT2D eigenvalue weighted by Gasteiger charge is -2.42. The van der Waals surface area contributed by atoms with Crippen LogP contribution < -0.4 is 10.1 Å². The van der Waals surface area contributed by atoms with Gasteiger partial charge in [0.2, 0.25) is 15.9 Å². The molecular weight excluding hydrogens is 484 g/mol. The molecule has 3 atom stereocenters. The van der Waals surface area contributed by atoms with E-state index in [4.69, 9.17) is 14.2 Å². The molecule has 1 aliphatic rings. The van der Waals surface area contributed by atoms with Gasteiger partial charge in [-0.25, -0.2) is 13.2 Å². The van der Waals surface area contributed by atoms with Crippen molar-refractivity contribution in [1.82, 2.24) is 9.62 Å². The van der Waals surface area contributed by atoms with E-state index in [0.717, 1.165) is 9.87 Å². The van der Waals surface area contributed by atoms with Gasteiger partial charge in [0.1, 0.15) is 11.9 Å². The van der Waals surface area contributed by atoms with Gasteiger partial charge in [-0.2, -0.15) is 0 Å². The normalized spacial score (nSPS) is 18.3. The zero-order valence-corrected chi connectivity index (χ0v) is 21.7. The van der Waals surface area contributed by atoms with Crippen LogP contribution in [0.4, 0.5) is 4.79 Å². The summed E-state index contributed by atoms with van der Waals surface area (Å²) in [5, 5.41) is 14.5. The van der Waals surface area contributed by atoms with Crippen molar-refractivity contribution in [3.8, 4) is 5.75 Å². The van der Waals surface area contributed by atoms with Crippen molar-refractivity contribution in [3.63, 3.8) is 0 Å². The number of alkyl carbamates (subject to hydrolysis) is 1. The van der Waals surface area contributed by atoms with E-state index in [1.165, 1.54) is 31.4 Å². The van der Waals surface area contributed by atoms with Gasteiger partial charge in [0, 0.05) is 18.9 Å². The summed E-state index contributed by atoms with van der Waals surface area (Å²) < 4.78 is 44.4. The molecular formula is C26H34N2O7S. The maximum atomic E-state index is 13.9. The number of ether oxygens (including phenoxy) is 3. The maximum Gasteiger partial charge on any atom is 0.410 e. The standard InChI is InChI=1S/C26H34N2O7S/c1-19(2)17-28(36(31,32)24-12-10-22(33-4)11-13-24)26(30,20(3)16-21-8-6-5-7-9-21)27-25(29)35-23-14-15-34-18-23/h5-13,20,23,30H,1,14-18H2,2-4H3,(H,27,29). The van der Waals surface area contributed by atoms with Crippen LogP contribution in [0.3, 0.4) is 0 Å². The number of nitrogens with one attached hydrogen (secondary N) is 1. The van der Waals surface area contributed by atoms with E-state index in [-0.39, 0.29) is 24.5 Å². The number of carbonyl (C=O) groups is 1. The van der Waals surface area contributed by atoms with Crippen LogP contribution >= 0.6 is 0 Å². The minimum absolute atomic E-state index is 0.0748. The van der Waals surface area contributed by atoms with Crippen molar-refractivity contribution in [1.29, 1.82) is 0 Å². The molecule has 3 unspecified atom stereocenters. The van der Waals surface area contributed by atoms with Crippen molar-refractivity contribution in [3.05, 3.63) is 72.3 Å². The summed E-state index contributed by atoms with van der Waals surface area (Å²) in [5.74, 6) is -2.64. The highest BCUT2D eigenvalue weighted by atomic mass is 32.2. The lowest BCUT2D eigenvalue weighted by Crippen LogP contribution is -2.66. The van der Waals surface area contributed by atoms with Gasteiger partial charge in [0.15, 0.2) is 0 Å². The molecule has 10 heteroatoms. The van der Waals surface area contributed by atoms with Crippen LogP contribution in [0.2, 0.25) is 0 Å². The minimum atomic E-state index is -4.32. The van der Waals surface area contributed by atoms with Crippen LogP contribution in [-0.4, -0.2) is 62.7 Å². The lowest BCUT2D eigenvalue weighted by atomic mass is 9.95. The first kappa shape index (κ1) is 27.7. The monoisotopic (exact) mass is 518 g/mol. The number of aliphatic hydroxyl groups is 1. The molecule has 1 saturated heterocycles. The van der Waals surface area contributed by atoms with E-state index in [2.05, 4.69) is 11.9 Å². The van der Waals surface area contributed by atoms with E-state index in [1.807, 2.05) is 30.3 Å². The molecule has 1 fully saturated rings. The molecule has 1 heterocycles. The first-order valence-corrected chi connectivity index (χ1v) is 13.1. The maximum absolute atomic E-state index is 13.9. The summed E-state index contributed by atoms with van der Waals surface area (Å²) in [6.45, 7) is 7.62. The minimum Gasteiger partial charge on any atom is -0.497 e. The molecule has 2 aromatic carbocycles. The van der Waals surface area contributed by atoms with Gasteiger partial charge in [0.25, 0.3) is 0 Å². The van der Waals surface area contributed by atoms with Gasteiger partial charge >= 0.3 is 6.09 Å². The van der Waals surface area contributed by atoms with Crippen LogP contribution in [-0.2, 0) is 25.9 Å². The Morgan fingerprint density at radius 2 is 1.92 bits per heavy atom. The van der Waals surface area contributed by atoms with Gasteiger partial charge in [-0.15, -0.1) is 4.31 Å². The Morgan fingerprint density at radius 3 is 2.47 bits per heavy atom. The van der Waals surface area contributed by atoms with Gasteiger partial charge < -0.3 is 19.3 Å². The van der Waals surface area contributed by atoms with Gasteiger partial charge in [-0.1, -0.05) is 49.4 Å². The number of sulfonamides is 1. The predicted octanol–water partition coefficient (Wildman–Crippen LogP) is 3.30. The second kappa shape index (κ2) is 11.9. The fourth-order valence-corrected chi connectivity index (χ4v) is 5.70. The summed E-state index contributed by atoms with van der Waals surface area (Å²) in [6, 6.07) is 15.1. The van der Waals surface area contributed by atoms with Crippen LogP contribution in [0.15, 0.2) is 71.6 Å². The number of benzene rings is 2. The highest BCUT2D eigenvalue weighted by molar-refractivity contribution is 7.89. The number of amides is 1. The molecule has 0 bridgehead atoms. The molecule has 3 rings (SSSR count). The SMILES string of the molecule is C=C(C)CN(C(O)(NC(=O)OC1CCOC1)C(C)Cc1ccccc1)S(=O)(=O)c1ccc(OC)cc1. The Bertz CT molecular complexity index is 1130. The number of hydrogen-bond acceptors (Lipinski definition) is 7. The molecule has 0 spiro atoms. The van der Waals surface area contributed by atoms with Crippen LogP contribution in [0.5, 0.6) is 5.75 Å². The molecule has 1 aliphatic heterocycles. The Morgan fingerprint density at radius 1 is 1.25 bits per heavy atom. The Kier molecular flexibility index (Phi) is 9.13. The lowest BCUT2D eigenvalue weighted by molar-refractivity contribution is -0.123. The first-order chi connectivity index (χ1) is 17.1. The molecule has 36 heavy (non-hydrogen) atoms. The molecule has 0 saturated carbocycles. The Balaban J connectivity index is 2.02. The molecule has 0 aromatic heterocycles. The van der Waals surface area contributed by atoms with Crippen molar-refractivity contribution in [2.24, 2.45) is 5.92 Å². The quantitative estimate of drug-likeness (QED) is 0.347. The zero-order valence-electron chi connectivity index (χ0n) is 20.8. The Hall–Kier alpha value is -2.92. The van der Waals surface area contributed by atoms with Crippen molar-refractivity contribution >= 4 is 16.1 Å². The van der Waals surface area contributed by atoms with Crippen LogP contribution in [0.1, 0.15) is 25.8 Å². The fourth-order valence-electron chi connectivity index (χ4n) is 3.99. The summed E-state index contributed by atoms with van der Waals surface area (Å²) in [4.78, 5) is 12.8. The van der Waals surface area contributed by atoms with E-state index < -0.39 is 34.0 Å². The third-order valence-electron chi connectivity index (χ3n) is 5.96. The van der Waals surface area contributed by atoms with Gasteiger partial charge in [0.05, 0.1) is 25.2 Å². The van der Waals surface area contributed by atoms with E-state index >= 15 is 0 Å². The third-order valence-corrected chi connectivity index (χ3v) is 7.82. The summed E-state index contributed by atoms with van der Waals surface area (Å²) in [7, 11) is -2.84. The fraction of sp³-hybridized carbons (Fsp3) is 0.423. The molecule has 0 radical (unpaired) electrons. The van der Waals surface area contributed by atoms with E-state index in [1.54, 1.807) is 13.8 Å². The number of hydrogen-bond donors (Lipinski definition) is 2. The van der Waals surface area contributed by atoms with Crippen LogP contribution in [0.25, 0.3) is 0 Å². The smallest absolute Gasteiger partial charge is 0.410 e. The molecule has 0 aliphatic carbocycles.